The normalized spacial score (nSPS) is 10.3. The molecule has 0 aliphatic rings. The number of hydrogen-bond acceptors (Lipinski definition) is 2. The van der Waals surface area contributed by atoms with E-state index in [1.807, 2.05) is 45.0 Å². The number of aromatic nitrogens is 1. The third-order valence-corrected chi connectivity index (χ3v) is 3.49. The summed E-state index contributed by atoms with van der Waals surface area (Å²) in [5.74, 6) is 0.500. The van der Waals surface area contributed by atoms with Gasteiger partial charge < -0.3 is 5.32 Å². The lowest BCUT2D eigenvalue weighted by atomic mass is 10.1. The summed E-state index contributed by atoms with van der Waals surface area (Å²) in [6, 6.07) is 7.78. The minimum atomic E-state index is -0.116. The van der Waals surface area contributed by atoms with E-state index < -0.39 is 0 Å². The fraction of sp³-hybridized carbons (Fsp3) is 0.200. The van der Waals surface area contributed by atoms with Gasteiger partial charge in [0.15, 0.2) is 0 Å². The summed E-state index contributed by atoms with van der Waals surface area (Å²) < 4.78 is 1.06. The number of amides is 1. The number of nitrogens with one attached hydrogen (secondary N) is 1. The van der Waals surface area contributed by atoms with Gasteiger partial charge in [-0.3, -0.25) is 4.79 Å². The molecule has 0 unspecified atom stereocenters. The van der Waals surface area contributed by atoms with E-state index in [-0.39, 0.29) is 5.91 Å². The quantitative estimate of drug-likeness (QED) is 0.821. The lowest BCUT2D eigenvalue weighted by Gasteiger charge is -2.10. The highest BCUT2D eigenvalue weighted by Crippen LogP contribution is 2.17. The first-order valence-electron chi connectivity index (χ1n) is 5.98. The van der Waals surface area contributed by atoms with Crippen molar-refractivity contribution < 1.29 is 4.79 Å². The van der Waals surface area contributed by atoms with Gasteiger partial charge in [0.25, 0.3) is 5.91 Å². The van der Waals surface area contributed by atoms with E-state index >= 15 is 0 Å². The Morgan fingerprint density at radius 3 is 2.53 bits per heavy atom. The maximum atomic E-state index is 12.2. The molecule has 98 valence electrons. The predicted molar refractivity (Wildman–Crippen MR) is 85.6 cm³/mol. The first-order valence-corrected chi connectivity index (χ1v) is 7.06. The van der Waals surface area contributed by atoms with Crippen molar-refractivity contribution in [2.45, 2.75) is 20.8 Å². The van der Waals surface area contributed by atoms with Crippen molar-refractivity contribution in [3.05, 3.63) is 56.3 Å². The number of aryl methyl sites for hydroxylation is 3. The van der Waals surface area contributed by atoms with Crippen LogP contribution in [-0.4, -0.2) is 10.9 Å². The smallest absolute Gasteiger partial charge is 0.257 e. The predicted octanol–water partition coefficient (Wildman–Crippen LogP) is 3.86. The van der Waals surface area contributed by atoms with Gasteiger partial charge in [-0.15, -0.1) is 0 Å². The summed E-state index contributed by atoms with van der Waals surface area (Å²) in [6.45, 7) is 5.89. The molecule has 1 amide bonds. The van der Waals surface area contributed by atoms with E-state index in [2.05, 4.69) is 32.9 Å². The zero-order chi connectivity index (χ0) is 14.0. The Labute approximate surface area is 126 Å². The molecule has 3 nitrogen and oxygen atoms in total. The fourth-order valence-electron chi connectivity index (χ4n) is 1.91. The molecular formula is C15H15IN2O. The van der Waals surface area contributed by atoms with Crippen LogP contribution in [0.25, 0.3) is 0 Å². The van der Waals surface area contributed by atoms with Crippen molar-refractivity contribution in [1.29, 1.82) is 0 Å². The Balaban J connectivity index is 2.25. The Hall–Kier alpha value is -1.43. The van der Waals surface area contributed by atoms with Gasteiger partial charge in [-0.2, -0.15) is 0 Å². The summed E-state index contributed by atoms with van der Waals surface area (Å²) in [6.07, 6.45) is 1.74. The molecule has 0 aliphatic carbocycles. The standard InChI is InChI=1S/C15H15IN2O/c1-9-4-5-13(10(2)6-9)15(19)18-14-11(3)7-12(16)8-17-14/h4-8H,1-3H3,(H,17,18,19). The van der Waals surface area contributed by atoms with E-state index in [4.69, 9.17) is 0 Å². The van der Waals surface area contributed by atoms with Gasteiger partial charge in [-0.1, -0.05) is 17.7 Å². The molecule has 1 aromatic carbocycles. The highest BCUT2D eigenvalue weighted by atomic mass is 127. The molecule has 2 aromatic rings. The third kappa shape index (κ3) is 3.32. The van der Waals surface area contributed by atoms with Gasteiger partial charge in [-0.25, -0.2) is 4.98 Å². The van der Waals surface area contributed by atoms with Crippen LogP contribution >= 0.6 is 22.6 Å². The van der Waals surface area contributed by atoms with Gasteiger partial charge in [-0.05, 0) is 66.6 Å². The Kier molecular flexibility index (Phi) is 4.19. The Morgan fingerprint density at radius 2 is 1.89 bits per heavy atom. The topological polar surface area (TPSA) is 42.0 Å². The van der Waals surface area contributed by atoms with E-state index in [1.54, 1.807) is 6.20 Å². The zero-order valence-corrected chi connectivity index (χ0v) is 13.3. The lowest BCUT2D eigenvalue weighted by Crippen LogP contribution is -2.15. The van der Waals surface area contributed by atoms with Crippen LogP contribution in [0.1, 0.15) is 27.0 Å². The van der Waals surface area contributed by atoms with Crippen LogP contribution in [0, 0.1) is 24.3 Å². The van der Waals surface area contributed by atoms with Crippen LogP contribution in [0.5, 0.6) is 0 Å². The minimum absolute atomic E-state index is 0.116. The van der Waals surface area contributed by atoms with Crippen LogP contribution in [0.2, 0.25) is 0 Å². The van der Waals surface area contributed by atoms with Crippen molar-refractivity contribution in [1.82, 2.24) is 4.98 Å². The van der Waals surface area contributed by atoms with E-state index in [9.17, 15) is 4.79 Å². The van der Waals surface area contributed by atoms with Crippen LogP contribution in [0.4, 0.5) is 5.82 Å². The average Bonchev–Trinajstić information content (AvgIpc) is 2.32. The SMILES string of the molecule is Cc1ccc(C(=O)Nc2ncc(I)cc2C)c(C)c1. The second-order valence-electron chi connectivity index (χ2n) is 4.59. The zero-order valence-electron chi connectivity index (χ0n) is 11.1. The largest absolute Gasteiger partial charge is 0.306 e. The second-order valence-corrected chi connectivity index (χ2v) is 5.84. The lowest BCUT2D eigenvalue weighted by molar-refractivity contribution is 0.102. The maximum absolute atomic E-state index is 12.2. The molecule has 1 N–H and O–H groups in total. The number of carbonyl (C=O) groups excluding carboxylic acids is 1. The molecule has 0 spiro atoms. The number of nitrogens with zero attached hydrogens (tertiary/aromatic N) is 1. The highest BCUT2D eigenvalue weighted by molar-refractivity contribution is 14.1. The monoisotopic (exact) mass is 366 g/mol. The highest BCUT2D eigenvalue weighted by Gasteiger charge is 2.11. The molecule has 2 rings (SSSR count). The van der Waals surface area contributed by atoms with Crippen LogP contribution < -0.4 is 5.32 Å². The number of anilines is 1. The molecule has 0 saturated carbocycles. The molecule has 4 heteroatoms. The molecule has 19 heavy (non-hydrogen) atoms. The molecule has 0 bridgehead atoms. The molecule has 1 aromatic heterocycles. The Bertz CT molecular complexity index is 638. The second kappa shape index (κ2) is 5.69. The van der Waals surface area contributed by atoms with Crippen molar-refractivity contribution in [3.8, 4) is 0 Å². The molecule has 0 radical (unpaired) electrons. The van der Waals surface area contributed by atoms with Gasteiger partial charge >= 0.3 is 0 Å². The summed E-state index contributed by atoms with van der Waals surface area (Å²) in [5, 5.41) is 2.86. The number of hydrogen-bond donors (Lipinski definition) is 1. The van der Waals surface area contributed by atoms with Gasteiger partial charge in [0, 0.05) is 15.3 Å². The van der Waals surface area contributed by atoms with E-state index in [0.29, 0.717) is 11.4 Å². The summed E-state index contributed by atoms with van der Waals surface area (Å²) in [7, 11) is 0. The summed E-state index contributed by atoms with van der Waals surface area (Å²) in [4.78, 5) is 16.5. The van der Waals surface area contributed by atoms with Crippen LogP contribution in [0.15, 0.2) is 30.5 Å². The van der Waals surface area contributed by atoms with Gasteiger partial charge in [0.1, 0.15) is 5.82 Å². The summed E-state index contributed by atoms with van der Waals surface area (Å²) >= 11 is 2.20. The number of benzene rings is 1. The van der Waals surface area contributed by atoms with Gasteiger partial charge in [0.2, 0.25) is 0 Å². The number of rotatable bonds is 2. The molecule has 0 fully saturated rings. The number of carbonyl (C=O) groups is 1. The van der Waals surface area contributed by atoms with E-state index in [1.165, 1.54) is 0 Å². The Morgan fingerprint density at radius 1 is 1.16 bits per heavy atom. The van der Waals surface area contributed by atoms with Crippen LogP contribution in [0.3, 0.4) is 0 Å². The third-order valence-electron chi connectivity index (χ3n) is 2.90. The first-order chi connectivity index (χ1) is 8.97. The summed E-state index contributed by atoms with van der Waals surface area (Å²) in [5.41, 5.74) is 3.77. The van der Waals surface area contributed by atoms with Crippen LogP contribution in [-0.2, 0) is 0 Å². The maximum Gasteiger partial charge on any atom is 0.257 e. The number of pyridine rings is 1. The van der Waals surface area contributed by atoms with Crippen molar-refractivity contribution >= 4 is 34.3 Å². The van der Waals surface area contributed by atoms with Gasteiger partial charge in [0.05, 0.1) is 0 Å². The van der Waals surface area contributed by atoms with Crippen molar-refractivity contribution in [2.75, 3.05) is 5.32 Å². The molecule has 0 aliphatic heterocycles. The molecular weight excluding hydrogens is 351 g/mol. The number of halogens is 1. The first kappa shape index (κ1) is 14.0. The molecule has 1 heterocycles. The van der Waals surface area contributed by atoms with E-state index in [0.717, 1.165) is 20.3 Å². The minimum Gasteiger partial charge on any atom is -0.306 e. The van der Waals surface area contributed by atoms with Crippen molar-refractivity contribution in [3.63, 3.8) is 0 Å². The molecule has 0 saturated heterocycles. The molecule has 0 atom stereocenters. The van der Waals surface area contributed by atoms with Crippen molar-refractivity contribution in [2.24, 2.45) is 0 Å². The fourth-order valence-corrected chi connectivity index (χ4v) is 2.52. The average molecular weight is 366 g/mol.